The Hall–Kier alpha value is -0.440. The second-order valence-electron chi connectivity index (χ2n) is 10.7. The fourth-order valence-electron chi connectivity index (χ4n) is 7.37. The highest BCUT2D eigenvalue weighted by Gasteiger charge is 2.62. The van der Waals surface area contributed by atoms with Crippen LogP contribution in [0.25, 0.3) is 0 Å². The van der Waals surface area contributed by atoms with Crippen molar-refractivity contribution in [2.24, 2.45) is 41.4 Å². The highest BCUT2D eigenvalue weighted by atomic mass is 19.3. The van der Waals surface area contributed by atoms with E-state index in [1.165, 1.54) is 57.8 Å². The molecule has 4 aliphatic rings. The van der Waals surface area contributed by atoms with E-state index < -0.39 is 12.0 Å². The lowest BCUT2D eigenvalue weighted by Crippen LogP contribution is -2.61. The monoisotopic (exact) mass is 408 g/mol. The first kappa shape index (κ1) is 21.8. The van der Waals surface area contributed by atoms with Gasteiger partial charge in [0, 0.05) is 0 Å². The Morgan fingerprint density at radius 1 is 0.759 bits per heavy atom. The molecule has 166 valence electrons. The average molecular weight is 409 g/mol. The Morgan fingerprint density at radius 2 is 1.28 bits per heavy atom. The highest BCUT2D eigenvalue weighted by Crippen LogP contribution is 2.55. The molecule has 0 unspecified atom stereocenters. The van der Waals surface area contributed by atoms with Crippen LogP contribution in [0, 0.1) is 41.4 Å². The molecule has 0 aromatic carbocycles. The van der Waals surface area contributed by atoms with E-state index in [1.807, 2.05) is 0 Å². The fourth-order valence-corrected chi connectivity index (χ4v) is 7.37. The first-order valence-electron chi connectivity index (χ1n) is 12.7. The van der Waals surface area contributed by atoms with Gasteiger partial charge in [-0.25, -0.2) is 0 Å². The molecule has 2 atom stereocenters. The second-order valence-corrected chi connectivity index (χ2v) is 10.7. The number of allylic oxidation sites excluding steroid dienone is 2. The number of alkyl halides is 2. The van der Waals surface area contributed by atoms with Crippen LogP contribution in [0.2, 0.25) is 0 Å². The van der Waals surface area contributed by atoms with Crippen molar-refractivity contribution in [3.8, 4) is 0 Å². The van der Waals surface area contributed by atoms with Crippen LogP contribution >= 0.6 is 0 Å². The zero-order valence-electron chi connectivity index (χ0n) is 18.6. The Bertz CT molecular complexity index is 535. The molecule has 0 N–H and O–H groups in total. The Balaban J connectivity index is 1.28. The summed E-state index contributed by atoms with van der Waals surface area (Å²) in [4.78, 5) is 0. The lowest BCUT2D eigenvalue weighted by Gasteiger charge is -2.53. The van der Waals surface area contributed by atoms with Crippen LogP contribution < -0.4 is 0 Å². The quantitative estimate of drug-likeness (QED) is 0.419. The van der Waals surface area contributed by atoms with E-state index in [0.29, 0.717) is 5.92 Å². The fraction of sp³-hybridized carbons (Fsp3) is 0.923. The minimum Gasteiger partial charge on any atom is -0.316 e. The number of halogens is 2. The van der Waals surface area contributed by atoms with Crippen molar-refractivity contribution in [3.05, 3.63) is 12.2 Å². The Labute approximate surface area is 177 Å². The van der Waals surface area contributed by atoms with Gasteiger partial charge in [0.25, 0.3) is 0 Å². The molecule has 1 heterocycles. The van der Waals surface area contributed by atoms with Crippen LogP contribution in [0.4, 0.5) is 8.78 Å². The maximum Gasteiger partial charge on any atom is 0.361 e. The molecule has 4 fully saturated rings. The van der Waals surface area contributed by atoms with E-state index in [9.17, 15) is 8.78 Å². The normalized spacial score (nSPS) is 45.8. The summed E-state index contributed by atoms with van der Waals surface area (Å²) in [5, 5.41) is 0. The molecule has 0 aromatic heterocycles. The van der Waals surface area contributed by atoms with Crippen LogP contribution in [0.15, 0.2) is 12.2 Å². The minimum absolute atomic E-state index is 0.166. The van der Waals surface area contributed by atoms with Crippen molar-refractivity contribution in [2.75, 3.05) is 0 Å². The summed E-state index contributed by atoms with van der Waals surface area (Å²) in [5.41, 5.74) is 0. The molecule has 0 aromatic rings. The van der Waals surface area contributed by atoms with Crippen molar-refractivity contribution >= 4 is 0 Å². The van der Waals surface area contributed by atoms with Gasteiger partial charge < -0.3 is 4.74 Å². The lowest BCUT2D eigenvalue weighted by molar-refractivity contribution is -0.418. The molecule has 3 saturated carbocycles. The SMILES string of the molecule is C/C=C/[C@H]1CC[C@H](C2CCC([C@H]3[C@H](C4CCC(CC)CC4)OC3(F)F)CC2)CC1. The zero-order chi connectivity index (χ0) is 20.4. The third-order valence-corrected chi connectivity index (χ3v) is 9.24. The molecule has 1 nitrogen and oxygen atoms in total. The zero-order valence-corrected chi connectivity index (χ0v) is 18.6. The number of ether oxygens (including phenoxy) is 1. The van der Waals surface area contributed by atoms with E-state index in [-0.39, 0.29) is 12.0 Å². The van der Waals surface area contributed by atoms with E-state index in [1.54, 1.807) is 0 Å². The van der Waals surface area contributed by atoms with Crippen molar-refractivity contribution in [2.45, 2.75) is 110 Å². The first-order valence-corrected chi connectivity index (χ1v) is 12.7. The molecule has 3 heteroatoms. The van der Waals surface area contributed by atoms with Gasteiger partial charge >= 0.3 is 6.11 Å². The smallest absolute Gasteiger partial charge is 0.316 e. The van der Waals surface area contributed by atoms with Crippen molar-refractivity contribution < 1.29 is 13.5 Å². The number of rotatable bonds is 5. The van der Waals surface area contributed by atoms with Crippen LogP contribution in [0.5, 0.6) is 0 Å². The van der Waals surface area contributed by atoms with Gasteiger partial charge in [-0.2, -0.15) is 8.78 Å². The van der Waals surface area contributed by atoms with E-state index >= 15 is 0 Å². The van der Waals surface area contributed by atoms with E-state index in [2.05, 4.69) is 26.0 Å². The van der Waals surface area contributed by atoms with Crippen LogP contribution in [0.1, 0.15) is 97.3 Å². The van der Waals surface area contributed by atoms with Gasteiger partial charge in [0.05, 0.1) is 12.0 Å². The van der Waals surface area contributed by atoms with Gasteiger partial charge in [-0.1, -0.05) is 38.3 Å². The molecule has 0 amide bonds. The molecule has 0 bridgehead atoms. The summed E-state index contributed by atoms with van der Waals surface area (Å²) in [6.45, 7) is 4.38. The van der Waals surface area contributed by atoms with Gasteiger partial charge in [-0.05, 0) is 107 Å². The largest absolute Gasteiger partial charge is 0.361 e. The van der Waals surface area contributed by atoms with Crippen LogP contribution in [-0.2, 0) is 4.74 Å². The predicted molar refractivity (Wildman–Crippen MR) is 115 cm³/mol. The van der Waals surface area contributed by atoms with Gasteiger partial charge in [0.2, 0.25) is 0 Å². The Kier molecular flexibility index (Phi) is 7.03. The summed E-state index contributed by atoms with van der Waals surface area (Å²) in [7, 11) is 0. The number of hydrogen-bond donors (Lipinski definition) is 0. The van der Waals surface area contributed by atoms with Crippen molar-refractivity contribution in [1.29, 1.82) is 0 Å². The molecular weight excluding hydrogens is 366 g/mol. The topological polar surface area (TPSA) is 9.23 Å². The lowest BCUT2D eigenvalue weighted by atomic mass is 9.63. The summed E-state index contributed by atoms with van der Waals surface area (Å²) >= 11 is 0. The summed E-state index contributed by atoms with van der Waals surface area (Å²) in [5.74, 6) is 3.27. The summed E-state index contributed by atoms with van der Waals surface area (Å²) in [6.07, 6.45) is 17.1. The predicted octanol–water partition coefficient (Wildman–Crippen LogP) is 8.00. The maximum absolute atomic E-state index is 14.5. The van der Waals surface area contributed by atoms with E-state index in [0.717, 1.165) is 49.4 Å². The third-order valence-electron chi connectivity index (χ3n) is 9.24. The molecule has 0 spiro atoms. The van der Waals surface area contributed by atoms with Gasteiger partial charge in [-0.3, -0.25) is 0 Å². The van der Waals surface area contributed by atoms with Gasteiger partial charge in [0.15, 0.2) is 0 Å². The average Bonchev–Trinajstić information content (AvgIpc) is 2.74. The molecule has 3 aliphatic carbocycles. The molecule has 29 heavy (non-hydrogen) atoms. The van der Waals surface area contributed by atoms with Gasteiger partial charge in [0.1, 0.15) is 0 Å². The van der Waals surface area contributed by atoms with Crippen LogP contribution in [0.3, 0.4) is 0 Å². The second kappa shape index (κ2) is 9.37. The third kappa shape index (κ3) is 4.75. The summed E-state index contributed by atoms with van der Waals surface area (Å²) < 4.78 is 34.2. The molecule has 1 saturated heterocycles. The van der Waals surface area contributed by atoms with Gasteiger partial charge in [-0.15, -0.1) is 0 Å². The highest BCUT2D eigenvalue weighted by molar-refractivity contribution is 4.99. The molecular formula is C26H42F2O. The molecule has 0 radical (unpaired) electrons. The summed E-state index contributed by atoms with van der Waals surface area (Å²) in [6, 6.07) is 0. The van der Waals surface area contributed by atoms with E-state index in [4.69, 9.17) is 4.74 Å². The maximum atomic E-state index is 14.5. The Morgan fingerprint density at radius 3 is 1.79 bits per heavy atom. The number of hydrogen-bond acceptors (Lipinski definition) is 1. The molecule has 4 rings (SSSR count). The van der Waals surface area contributed by atoms with Crippen molar-refractivity contribution in [1.82, 2.24) is 0 Å². The van der Waals surface area contributed by atoms with Crippen molar-refractivity contribution in [3.63, 3.8) is 0 Å². The first-order chi connectivity index (χ1) is 14.0. The van der Waals surface area contributed by atoms with Crippen LogP contribution in [-0.4, -0.2) is 12.2 Å². The standard InChI is InChI=1S/C26H42F2O/c1-3-5-19-8-10-20(11-9-19)21-14-16-22(17-15-21)24-25(29-26(24,27)28)23-12-6-18(4-2)7-13-23/h3,5,18-25H,4,6-17H2,1-2H3/b5-3+/t18?,19-,20-,21?,22?,23?,24-,25-/m0/s1. The minimum atomic E-state index is -2.87. The molecule has 1 aliphatic heterocycles.